The van der Waals surface area contributed by atoms with Crippen molar-refractivity contribution >= 4 is 17.7 Å². The number of ether oxygens (including phenoxy) is 1. The molecule has 0 atom stereocenters. The van der Waals surface area contributed by atoms with Crippen molar-refractivity contribution in [3.05, 3.63) is 34.9 Å². The lowest BCUT2D eigenvalue weighted by Gasteiger charge is -2.29. The van der Waals surface area contributed by atoms with E-state index < -0.39 is 0 Å². The molecule has 0 radical (unpaired) electrons. The highest BCUT2D eigenvalue weighted by molar-refractivity contribution is 6.31. The Morgan fingerprint density at radius 1 is 1.39 bits per heavy atom. The Labute approximate surface area is 112 Å². The van der Waals surface area contributed by atoms with Crippen LogP contribution >= 0.6 is 11.6 Å². The fourth-order valence-corrected chi connectivity index (χ4v) is 2.12. The van der Waals surface area contributed by atoms with Gasteiger partial charge in [0.15, 0.2) is 0 Å². The molecule has 98 valence electrons. The summed E-state index contributed by atoms with van der Waals surface area (Å²) in [5.74, 6) is 0. The monoisotopic (exact) mass is 268 g/mol. The van der Waals surface area contributed by atoms with Gasteiger partial charge in [-0.05, 0) is 18.9 Å². The first-order chi connectivity index (χ1) is 8.66. The Kier molecular flexibility index (Phi) is 4.44. The van der Waals surface area contributed by atoms with E-state index >= 15 is 0 Å². The summed E-state index contributed by atoms with van der Waals surface area (Å²) in [4.78, 5) is 13.5. The maximum atomic E-state index is 11.8. The van der Waals surface area contributed by atoms with Crippen LogP contribution < -0.4 is 5.73 Å². The number of amides is 1. The summed E-state index contributed by atoms with van der Waals surface area (Å²) >= 11 is 5.99. The Morgan fingerprint density at radius 3 is 2.72 bits per heavy atom. The molecule has 5 heteroatoms. The Bertz CT molecular complexity index is 417. The molecule has 1 aliphatic rings. The van der Waals surface area contributed by atoms with Crippen molar-refractivity contribution < 1.29 is 9.53 Å². The van der Waals surface area contributed by atoms with Crippen LogP contribution in [0.2, 0.25) is 5.02 Å². The fourth-order valence-electron chi connectivity index (χ4n) is 1.93. The van der Waals surface area contributed by atoms with Gasteiger partial charge in [0.1, 0.15) is 6.61 Å². The molecule has 0 aliphatic carbocycles. The van der Waals surface area contributed by atoms with Crippen molar-refractivity contribution in [2.45, 2.75) is 25.5 Å². The number of halogens is 1. The van der Waals surface area contributed by atoms with Gasteiger partial charge >= 0.3 is 6.09 Å². The van der Waals surface area contributed by atoms with Gasteiger partial charge in [0.25, 0.3) is 0 Å². The normalized spacial score (nSPS) is 16.7. The van der Waals surface area contributed by atoms with Gasteiger partial charge in [-0.25, -0.2) is 4.79 Å². The second-order valence-electron chi connectivity index (χ2n) is 4.47. The molecule has 0 spiro atoms. The molecule has 1 heterocycles. The minimum Gasteiger partial charge on any atom is -0.444 e. The summed E-state index contributed by atoms with van der Waals surface area (Å²) in [5.41, 5.74) is 6.61. The third-order valence-corrected chi connectivity index (χ3v) is 3.48. The van der Waals surface area contributed by atoms with Crippen molar-refractivity contribution in [3.8, 4) is 0 Å². The minimum atomic E-state index is -0.290. The van der Waals surface area contributed by atoms with Gasteiger partial charge in [0.2, 0.25) is 0 Å². The minimum absolute atomic E-state index is 0.206. The smallest absolute Gasteiger partial charge is 0.410 e. The standard InChI is InChI=1S/C13H17ClN2O2/c14-12-4-2-1-3-10(12)9-18-13(17)16-7-5-11(15)6-8-16/h1-4,11H,5-9,15H2. The highest BCUT2D eigenvalue weighted by atomic mass is 35.5. The molecule has 18 heavy (non-hydrogen) atoms. The van der Waals surface area contributed by atoms with E-state index in [2.05, 4.69) is 0 Å². The molecule has 0 saturated carbocycles. The van der Waals surface area contributed by atoms with Crippen molar-refractivity contribution in [1.82, 2.24) is 4.90 Å². The Hall–Kier alpha value is -1.26. The van der Waals surface area contributed by atoms with E-state index in [0.29, 0.717) is 18.1 Å². The molecule has 1 aliphatic heterocycles. The van der Waals surface area contributed by atoms with Gasteiger partial charge in [-0.3, -0.25) is 0 Å². The number of carbonyl (C=O) groups is 1. The molecule has 0 unspecified atom stereocenters. The zero-order chi connectivity index (χ0) is 13.0. The lowest BCUT2D eigenvalue weighted by Crippen LogP contribution is -2.43. The van der Waals surface area contributed by atoms with Gasteiger partial charge in [-0.1, -0.05) is 29.8 Å². The summed E-state index contributed by atoms with van der Waals surface area (Å²) in [7, 11) is 0. The van der Waals surface area contributed by atoms with Gasteiger partial charge in [-0.2, -0.15) is 0 Å². The summed E-state index contributed by atoms with van der Waals surface area (Å²) in [6, 6.07) is 7.55. The van der Waals surface area contributed by atoms with Crippen molar-refractivity contribution in [1.29, 1.82) is 0 Å². The lowest BCUT2D eigenvalue weighted by atomic mass is 10.1. The van der Waals surface area contributed by atoms with Crippen molar-refractivity contribution in [2.75, 3.05) is 13.1 Å². The number of benzene rings is 1. The van der Waals surface area contributed by atoms with E-state index in [1.165, 1.54) is 0 Å². The zero-order valence-corrected chi connectivity index (χ0v) is 10.9. The van der Waals surface area contributed by atoms with Gasteiger partial charge in [0.05, 0.1) is 0 Å². The van der Waals surface area contributed by atoms with Gasteiger partial charge in [0, 0.05) is 29.7 Å². The highest BCUT2D eigenvalue weighted by Crippen LogP contribution is 2.17. The Balaban J connectivity index is 1.83. The molecule has 1 fully saturated rings. The van der Waals surface area contributed by atoms with Crippen LogP contribution in [0, 0.1) is 0 Å². The quantitative estimate of drug-likeness (QED) is 0.896. The van der Waals surface area contributed by atoms with Crippen LogP contribution in [0.5, 0.6) is 0 Å². The van der Waals surface area contributed by atoms with Crippen LogP contribution in [0.15, 0.2) is 24.3 Å². The number of likely N-dealkylation sites (tertiary alicyclic amines) is 1. The number of hydrogen-bond donors (Lipinski definition) is 1. The number of carbonyl (C=O) groups excluding carboxylic acids is 1. The summed E-state index contributed by atoms with van der Waals surface area (Å²) < 4.78 is 5.25. The molecule has 2 N–H and O–H groups in total. The summed E-state index contributed by atoms with van der Waals surface area (Å²) in [6.07, 6.45) is 1.38. The maximum absolute atomic E-state index is 11.8. The molecular weight excluding hydrogens is 252 g/mol. The molecule has 0 aromatic heterocycles. The molecule has 1 amide bonds. The third kappa shape index (κ3) is 3.37. The highest BCUT2D eigenvalue weighted by Gasteiger charge is 2.21. The van der Waals surface area contributed by atoms with E-state index in [-0.39, 0.29) is 18.7 Å². The van der Waals surface area contributed by atoms with Crippen LogP contribution in [0.25, 0.3) is 0 Å². The number of rotatable bonds is 2. The van der Waals surface area contributed by atoms with E-state index in [1.54, 1.807) is 11.0 Å². The zero-order valence-electron chi connectivity index (χ0n) is 10.1. The summed E-state index contributed by atoms with van der Waals surface area (Å²) in [5, 5.41) is 0.617. The maximum Gasteiger partial charge on any atom is 0.410 e. The fraction of sp³-hybridized carbons (Fsp3) is 0.462. The second-order valence-corrected chi connectivity index (χ2v) is 4.88. The van der Waals surface area contributed by atoms with Crippen molar-refractivity contribution in [2.24, 2.45) is 5.73 Å². The average Bonchev–Trinajstić information content (AvgIpc) is 2.38. The number of nitrogens with zero attached hydrogens (tertiary/aromatic N) is 1. The largest absolute Gasteiger partial charge is 0.444 e. The van der Waals surface area contributed by atoms with Crippen molar-refractivity contribution in [3.63, 3.8) is 0 Å². The molecule has 2 rings (SSSR count). The predicted molar refractivity (Wildman–Crippen MR) is 70.4 cm³/mol. The number of nitrogens with two attached hydrogens (primary N) is 1. The molecule has 0 bridgehead atoms. The van der Waals surface area contributed by atoms with Gasteiger partial charge in [-0.15, -0.1) is 0 Å². The van der Waals surface area contributed by atoms with E-state index in [9.17, 15) is 4.79 Å². The molecule has 1 aromatic carbocycles. The van der Waals surface area contributed by atoms with Gasteiger partial charge < -0.3 is 15.4 Å². The average molecular weight is 269 g/mol. The van der Waals surface area contributed by atoms with E-state index in [0.717, 1.165) is 18.4 Å². The van der Waals surface area contributed by atoms with E-state index in [1.807, 2.05) is 18.2 Å². The summed E-state index contributed by atoms with van der Waals surface area (Å²) in [6.45, 7) is 1.55. The first-order valence-corrected chi connectivity index (χ1v) is 6.45. The van der Waals surface area contributed by atoms with Crippen LogP contribution in [-0.4, -0.2) is 30.1 Å². The molecule has 1 aromatic rings. The van der Waals surface area contributed by atoms with Crippen LogP contribution in [0.1, 0.15) is 18.4 Å². The topological polar surface area (TPSA) is 55.6 Å². The van der Waals surface area contributed by atoms with Crippen LogP contribution in [0.4, 0.5) is 4.79 Å². The molecule has 1 saturated heterocycles. The van der Waals surface area contributed by atoms with Crippen LogP contribution in [-0.2, 0) is 11.3 Å². The predicted octanol–water partition coefficient (Wildman–Crippen LogP) is 2.40. The third-order valence-electron chi connectivity index (χ3n) is 3.11. The SMILES string of the molecule is NC1CCN(C(=O)OCc2ccccc2Cl)CC1. The molecular formula is C13H17ClN2O2. The second kappa shape index (κ2) is 6.07. The van der Waals surface area contributed by atoms with E-state index in [4.69, 9.17) is 22.1 Å². The Morgan fingerprint density at radius 2 is 2.06 bits per heavy atom. The first kappa shape index (κ1) is 13.2. The van der Waals surface area contributed by atoms with Crippen LogP contribution in [0.3, 0.4) is 0 Å². The number of hydrogen-bond acceptors (Lipinski definition) is 3. The first-order valence-electron chi connectivity index (χ1n) is 6.07. The molecule has 4 nitrogen and oxygen atoms in total. The number of piperidine rings is 1. The lowest BCUT2D eigenvalue weighted by molar-refractivity contribution is 0.0874.